The Balaban J connectivity index is 2.09. The second kappa shape index (κ2) is 11.3. The molecule has 0 atom stereocenters. The number of benzene rings is 1. The number of carboxylic acids is 2. The Morgan fingerprint density at radius 3 is 2.03 bits per heavy atom. The third kappa shape index (κ3) is 7.34. The lowest BCUT2D eigenvalue weighted by molar-refractivity contribution is -0.138. The molecule has 0 aliphatic carbocycles. The minimum atomic E-state index is -0.962. The van der Waals surface area contributed by atoms with E-state index in [4.69, 9.17) is 10.2 Å². The number of hydrogen-bond acceptors (Lipinski definition) is 5. The van der Waals surface area contributed by atoms with Crippen LogP contribution in [0, 0.1) is 0 Å². The number of pyridine rings is 1. The molecule has 9 nitrogen and oxygen atoms in total. The summed E-state index contributed by atoms with van der Waals surface area (Å²) in [5.41, 5.74) is 1.04. The van der Waals surface area contributed by atoms with Crippen LogP contribution in [0.5, 0.6) is 0 Å². The van der Waals surface area contributed by atoms with Gasteiger partial charge in [-0.15, -0.1) is 0 Å². The van der Waals surface area contributed by atoms with Gasteiger partial charge in [-0.2, -0.15) is 0 Å². The van der Waals surface area contributed by atoms with Crippen molar-refractivity contribution in [1.82, 2.24) is 4.98 Å². The largest absolute Gasteiger partial charge is 0.481 e. The fraction of sp³-hybridized carbons (Fsp3) is 0.286. The smallest absolute Gasteiger partial charge is 0.303 e. The molecule has 0 aliphatic rings. The zero-order chi connectivity index (χ0) is 21.9. The van der Waals surface area contributed by atoms with E-state index >= 15 is 0 Å². The van der Waals surface area contributed by atoms with Gasteiger partial charge in [0.15, 0.2) is 0 Å². The molecule has 2 amide bonds. The number of aliphatic carboxylic acids is 2. The van der Waals surface area contributed by atoms with Crippen molar-refractivity contribution >= 4 is 40.9 Å². The van der Waals surface area contributed by atoms with Crippen LogP contribution in [0.4, 0.5) is 17.2 Å². The summed E-state index contributed by atoms with van der Waals surface area (Å²) >= 11 is 0. The van der Waals surface area contributed by atoms with Crippen molar-refractivity contribution in [3.05, 3.63) is 48.7 Å². The van der Waals surface area contributed by atoms with E-state index in [1.165, 1.54) is 4.90 Å². The third-order valence-electron chi connectivity index (χ3n) is 4.11. The van der Waals surface area contributed by atoms with E-state index in [1.807, 2.05) is 0 Å². The number of carbonyl (C=O) groups excluding carboxylic acids is 2. The van der Waals surface area contributed by atoms with Gasteiger partial charge in [-0.1, -0.05) is 6.07 Å². The second-order valence-electron chi connectivity index (χ2n) is 6.51. The summed E-state index contributed by atoms with van der Waals surface area (Å²) in [5.74, 6) is -2.09. The van der Waals surface area contributed by atoms with Gasteiger partial charge < -0.3 is 15.5 Å². The molecule has 0 saturated carbocycles. The Kier molecular flexibility index (Phi) is 8.49. The van der Waals surface area contributed by atoms with E-state index < -0.39 is 11.9 Å². The first kappa shape index (κ1) is 22.5. The topological polar surface area (TPSA) is 137 Å². The van der Waals surface area contributed by atoms with Crippen molar-refractivity contribution in [2.45, 2.75) is 38.5 Å². The van der Waals surface area contributed by atoms with Gasteiger partial charge in [-0.05, 0) is 49.2 Å². The van der Waals surface area contributed by atoms with Crippen LogP contribution in [-0.4, -0.2) is 39.0 Å². The average Bonchev–Trinajstić information content (AvgIpc) is 2.70. The molecule has 1 aromatic heterocycles. The molecule has 0 spiro atoms. The van der Waals surface area contributed by atoms with Gasteiger partial charge in [0.2, 0.25) is 11.8 Å². The highest BCUT2D eigenvalue weighted by Gasteiger charge is 2.19. The molecule has 2 aromatic rings. The van der Waals surface area contributed by atoms with Gasteiger partial charge in [-0.3, -0.25) is 24.1 Å². The van der Waals surface area contributed by atoms with Crippen LogP contribution >= 0.6 is 0 Å². The molecule has 3 N–H and O–H groups in total. The number of nitrogens with zero attached hydrogens (tertiary/aromatic N) is 2. The summed E-state index contributed by atoms with van der Waals surface area (Å²) in [5, 5.41) is 20.1. The van der Waals surface area contributed by atoms with E-state index in [2.05, 4.69) is 10.3 Å². The molecule has 1 aromatic carbocycles. The molecule has 158 valence electrons. The zero-order valence-electron chi connectivity index (χ0n) is 16.3. The Labute approximate surface area is 173 Å². The summed E-state index contributed by atoms with van der Waals surface area (Å²) in [7, 11) is 0. The molecule has 0 unspecified atom stereocenters. The van der Waals surface area contributed by atoms with E-state index in [9.17, 15) is 19.2 Å². The Morgan fingerprint density at radius 2 is 1.47 bits per heavy atom. The first-order valence-electron chi connectivity index (χ1n) is 9.44. The lowest BCUT2D eigenvalue weighted by Crippen LogP contribution is -2.26. The first-order valence-corrected chi connectivity index (χ1v) is 9.44. The van der Waals surface area contributed by atoms with Crippen LogP contribution in [0.1, 0.15) is 38.5 Å². The Hall–Kier alpha value is -3.75. The van der Waals surface area contributed by atoms with Crippen molar-refractivity contribution in [2.24, 2.45) is 0 Å². The van der Waals surface area contributed by atoms with Crippen LogP contribution in [-0.2, 0) is 19.2 Å². The van der Waals surface area contributed by atoms with Crippen LogP contribution in [0.2, 0.25) is 0 Å². The number of aromatic nitrogens is 1. The van der Waals surface area contributed by atoms with E-state index in [-0.39, 0.29) is 50.3 Å². The van der Waals surface area contributed by atoms with Crippen LogP contribution < -0.4 is 10.2 Å². The lowest BCUT2D eigenvalue weighted by Gasteiger charge is -2.22. The van der Waals surface area contributed by atoms with E-state index in [0.717, 1.165) is 0 Å². The lowest BCUT2D eigenvalue weighted by atomic mass is 10.2. The second-order valence-corrected chi connectivity index (χ2v) is 6.51. The highest BCUT2D eigenvalue weighted by Crippen LogP contribution is 2.26. The van der Waals surface area contributed by atoms with Crippen molar-refractivity contribution in [3.8, 4) is 0 Å². The third-order valence-corrected chi connectivity index (χ3v) is 4.11. The molecule has 0 bridgehead atoms. The number of nitrogens with one attached hydrogen (secondary N) is 1. The maximum Gasteiger partial charge on any atom is 0.303 e. The van der Waals surface area contributed by atoms with Crippen LogP contribution in [0.3, 0.4) is 0 Å². The summed E-state index contributed by atoms with van der Waals surface area (Å²) in [6, 6.07) is 11.7. The summed E-state index contributed by atoms with van der Waals surface area (Å²) in [6.45, 7) is 0. The van der Waals surface area contributed by atoms with Crippen molar-refractivity contribution < 1.29 is 29.4 Å². The average molecular weight is 413 g/mol. The summed E-state index contributed by atoms with van der Waals surface area (Å²) in [6.07, 6.45) is 1.98. The molecule has 0 radical (unpaired) electrons. The van der Waals surface area contributed by atoms with Crippen molar-refractivity contribution in [3.63, 3.8) is 0 Å². The maximum absolute atomic E-state index is 12.7. The maximum atomic E-state index is 12.7. The summed E-state index contributed by atoms with van der Waals surface area (Å²) < 4.78 is 0. The molecule has 1 heterocycles. The highest BCUT2D eigenvalue weighted by molar-refractivity contribution is 6.00. The normalized spacial score (nSPS) is 10.3. The van der Waals surface area contributed by atoms with Crippen molar-refractivity contribution in [1.29, 1.82) is 0 Å². The fourth-order valence-electron chi connectivity index (χ4n) is 2.71. The van der Waals surface area contributed by atoms with E-state index in [1.54, 1.807) is 48.7 Å². The Bertz CT molecular complexity index is 883. The number of rotatable bonds is 11. The van der Waals surface area contributed by atoms with E-state index in [0.29, 0.717) is 17.2 Å². The SMILES string of the molecule is O=C(O)CCCC(=O)Nc1ccc(N(C(=O)CCCC(=O)O)c2ccccn2)cc1. The predicted octanol–water partition coefficient (Wildman–Crippen LogP) is 3.19. The summed E-state index contributed by atoms with van der Waals surface area (Å²) in [4.78, 5) is 51.5. The molecule has 2 rings (SSSR count). The molecule has 0 saturated heterocycles. The zero-order valence-corrected chi connectivity index (χ0v) is 16.3. The predicted molar refractivity (Wildman–Crippen MR) is 109 cm³/mol. The molecule has 30 heavy (non-hydrogen) atoms. The number of carbonyl (C=O) groups is 4. The van der Waals surface area contributed by atoms with Gasteiger partial charge >= 0.3 is 11.9 Å². The van der Waals surface area contributed by atoms with Gasteiger partial charge in [0, 0.05) is 37.6 Å². The minimum absolute atomic E-state index is 0.0466. The fourth-order valence-corrected chi connectivity index (χ4v) is 2.71. The van der Waals surface area contributed by atoms with Gasteiger partial charge in [-0.25, -0.2) is 4.98 Å². The van der Waals surface area contributed by atoms with Gasteiger partial charge in [0.05, 0.1) is 5.69 Å². The van der Waals surface area contributed by atoms with Gasteiger partial charge in [0.1, 0.15) is 5.82 Å². The molecule has 9 heteroatoms. The highest BCUT2D eigenvalue weighted by atomic mass is 16.4. The molecular formula is C21H23N3O6. The number of hydrogen-bond donors (Lipinski definition) is 3. The minimum Gasteiger partial charge on any atom is -0.481 e. The van der Waals surface area contributed by atoms with Gasteiger partial charge in [0.25, 0.3) is 0 Å². The number of anilines is 3. The first-order chi connectivity index (χ1) is 14.4. The van der Waals surface area contributed by atoms with Crippen LogP contribution in [0.25, 0.3) is 0 Å². The molecule has 0 fully saturated rings. The van der Waals surface area contributed by atoms with Crippen molar-refractivity contribution in [2.75, 3.05) is 10.2 Å². The number of carboxylic acid groups (broad SMARTS) is 2. The van der Waals surface area contributed by atoms with Crippen LogP contribution in [0.15, 0.2) is 48.7 Å². The number of amides is 2. The quantitative estimate of drug-likeness (QED) is 0.514. The molecular weight excluding hydrogens is 390 g/mol. The molecule has 0 aliphatic heterocycles. The monoisotopic (exact) mass is 413 g/mol. The Morgan fingerprint density at radius 1 is 0.833 bits per heavy atom. The standard InChI is InChI=1S/C21H23N3O6/c25-18(6-3-8-20(27)28)23-15-10-12-16(13-11-15)24(17-5-1-2-14-22-17)19(26)7-4-9-21(29)30/h1-2,5,10-14H,3-4,6-9H2,(H,23,25)(H,27,28)(H,29,30).